The van der Waals surface area contributed by atoms with Gasteiger partial charge in [0.15, 0.2) is 0 Å². The summed E-state index contributed by atoms with van der Waals surface area (Å²) in [4.78, 5) is 0. The lowest BCUT2D eigenvalue weighted by atomic mass is 9.68. The molecule has 1 saturated carbocycles. The van der Waals surface area contributed by atoms with Crippen LogP contribution >= 0.6 is 0 Å². The van der Waals surface area contributed by atoms with E-state index in [1.54, 1.807) is 0 Å². The van der Waals surface area contributed by atoms with Crippen LogP contribution < -0.4 is 0 Å². The lowest BCUT2D eigenvalue weighted by molar-refractivity contribution is 0.174. The second kappa shape index (κ2) is 5.74. The molecule has 104 valence electrons. The van der Waals surface area contributed by atoms with E-state index >= 15 is 0 Å². The third-order valence-corrected chi connectivity index (χ3v) is 4.40. The topological polar surface area (TPSA) is 0 Å². The number of rotatable bonds is 4. The molecule has 0 aliphatic heterocycles. The van der Waals surface area contributed by atoms with Crippen LogP contribution in [0.15, 0.2) is 48.5 Å². The van der Waals surface area contributed by atoms with Gasteiger partial charge in [-0.2, -0.15) is 0 Å². The summed E-state index contributed by atoms with van der Waals surface area (Å²) >= 11 is 0. The highest BCUT2D eigenvalue weighted by molar-refractivity contribution is 5.19. The van der Waals surface area contributed by atoms with E-state index in [1.165, 1.54) is 48.2 Å². The van der Waals surface area contributed by atoms with Gasteiger partial charge in [0.1, 0.15) is 11.6 Å². The van der Waals surface area contributed by atoms with E-state index in [-0.39, 0.29) is 11.6 Å². The van der Waals surface area contributed by atoms with Crippen LogP contribution in [0.1, 0.15) is 24.0 Å². The summed E-state index contributed by atoms with van der Waals surface area (Å²) < 4.78 is 25.8. The molecule has 0 spiro atoms. The molecule has 0 radical (unpaired) electrons. The molecule has 0 nitrogen and oxygen atoms in total. The van der Waals surface area contributed by atoms with Crippen molar-refractivity contribution < 1.29 is 8.78 Å². The van der Waals surface area contributed by atoms with Gasteiger partial charge in [-0.1, -0.05) is 24.3 Å². The molecule has 0 heterocycles. The van der Waals surface area contributed by atoms with E-state index in [4.69, 9.17) is 0 Å². The molecule has 2 heteroatoms. The van der Waals surface area contributed by atoms with Crippen LogP contribution in [0, 0.1) is 23.5 Å². The van der Waals surface area contributed by atoms with Crippen LogP contribution in [0.4, 0.5) is 8.78 Å². The normalized spacial score (nSPS) is 21.5. The van der Waals surface area contributed by atoms with Crippen molar-refractivity contribution in [3.05, 3.63) is 71.3 Å². The largest absolute Gasteiger partial charge is 0.207 e. The van der Waals surface area contributed by atoms with Crippen molar-refractivity contribution in [2.45, 2.75) is 25.7 Å². The molecule has 3 rings (SSSR count). The molecule has 2 aromatic carbocycles. The van der Waals surface area contributed by atoms with Gasteiger partial charge in [-0.15, -0.1) is 0 Å². The third-order valence-electron chi connectivity index (χ3n) is 4.40. The highest BCUT2D eigenvalue weighted by Crippen LogP contribution is 2.39. The second-order valence-corrected chi connectivity index (χ2v) is 5.76. The quantitative estimate of drug-likeness (QED) is 0.751. The van der Waals surface area contributed by atoms with Gasteiger partial charge < -0.3 is 0 Å². The smallest absolute Gasteiger partial charge is 0.123 e. The summed E-state index contributed by atoms with van der Waals surface area (Å²) in [6.45, 7) is 0. The van der Waals surface area contributed by atoms with Gasteiger partial charge in [0, 0.05) is 0 Å². The van der Waals surface area contributed by atoms with Gasteiger partial charge in [-0.3, -0.25) is 0 Å². The molecule has 2 atom stereocenters. The van der Waals surface area contributed by atoms with Crippen molar-refractivity contribution in [3.63, 3.8) is 0 Å². The molecule has 1 aliphatic rings. The summed E-state index contributed by atoms with van der Waals surface area (Å²) in [7, 11) is 0. The zero-order chi connectivity index (χ0) is 13.9. The van der Waals surface area contributed by atoms with Crippen LogP contribution in [0.5, 0.6) is 0 Å². The Balaban J connectivity index is 1.59. The van der Waals surface area contributed by atoms with Crippen molar-refractivity contribution in [3.8, 4) is 0 Å². The Morgan fingerprint density at radius 3 is 1.30 bits per heavy atom. The van der Waals surface area contributed by atoms with Crippen molar-refractivity contribution in [1.29, 1.82) is 0 Å². The maximum Gasteiger partial charge on any atom is 0.123 e. The maximum atomic E-state index is 12.9. The maximum absolute atomic E-state index is 12.9. The summed E-state index contributed by atoms with van der Waals surface area (Å²) in [5.74, 6) is 0.992. The van der Waals surface area contributed by atoms with Crippen LogP contribution in [0.25, 0.3) is 0 Å². The van der Waals surface area contributed by atoms with Crippen LogP contribution in [-0.2, 0) is 12.8 Å². The Labute approximate surface area is 118 Å². The Morgan fingerprint density at radius 1 is 0.650 bits per heavy atom. The molecule has 0 bridgehead atoms. The predicted molar refractivity (Wildman–Crippen MR) is 76.4 cm³/mol. The Bertz CT molecular complexity index is 503. The summed E-state index contributed by atoms with van der Waals surface area (Å²) in [6.07, 6.45) is 4.52. The highest BCUT2D eigenvalue weighted by atomic mass is 19.1. The van der Waals surface area contributed by atoms with Gasteiger partial charge in [-0.25, -0.2) is 8.78 Å². The molecule has 0 saturated heterocycles. The summed E-state index contributed by atoms with van der Waals surface area (Å²) in [6, 6.07) is 13.6. The first-order valence-electron chi connectivity index (χ1n) is 7.19. The highest BCUT2D eigenvalue weighted by Gasteiger charge is 2.30. The zero-order valence-corrected chi connectivity index (χ0v) is 11.4. The fourth-order valence-electron chi connectivity index (χ4n) is 3.02. The minimum Gasteiger partial charge on any atom is -0.207 e. The van der Waals surface area contributed by atoms with Crippen molar-refractivity contribution in [1.82, 2.24) is 0 Å². The number of hydrogen-bond acceptors (Lipinski definition) is 0. The van der Waals surface area contributed by atoms with Gasteiger partial charge in [-0.05, 0) is 72.9 Å². The van der Waals surface area contributed by atoms with Crippen LogP contribution in [0.2, 0.25) is 0 Å². The van der Waals surface area contributed by atoms with Crippen molar-refractivity contribution in [2.24, 2.45) is 11.8 Å². The number of benzene rings is 2. The number of halogens is 2. The summed E-state index contributed by atoms with van der Waals surface area (Å²) in [5, 5.41) is 0. The van der Waals surface area contributed by atoms with E-state index in [1.807, 2.05) is 24.3 Å². The SMILES string of the molecule is Fc1ccc(CC2CCC2Cc2ccc(F)cc2)cc1. The Kier molecular flexibility index (Phi) is 3.81. The molecule has 0 amide bonds. The average Bonchev–Trinajstić information content (AvgIpc) is 2.45. The lowest BCUT2D eigenvalue weighted by Gasteiger charge is -2.37. The number of hydrogen-bond donors (Lipinski definition) is 0. The van der Waals surface area contributed by atoms with Crippen molar-refractivity contribution >= 4 is 0 Å². The lowest BCUT2D eigenvalue weighted by Crippen LogP contribution is -2.29. The second-order valence-electron chi connectivity index (χ2n) is 5.76. The van der Waals surface area contributed by atoms with Gasteiger partial charge in [0.25, 0.3) is 0 Å². The fourth-order valence-corrected chi connectivity index (χ4v) is 3.02. The van der Waals surface area contributed by atoms with Gasteiger partial charge in [0.05, 0.1) is 0 Å². The molecule has 2 unspecified atom stereocenters. The first-order valence-corrected chi connectivity index (χ1v) is 7.19. The Hall–Kier alpha value is -1.70. The van der Waals surface area contributed by atoms with E-state index in [9.17, 15) is 8.78 Å². The zero-order valence-electron chi connectivity index (χ0n) is 11.4. The first-order chi connectivity index (χ1) is 9.70. The third kappa shape index (κ3) is 3.06. The molecule has 1 aliphatic carbocycles. The molecular weight excluding hydrogens is 254 g/mol. The molecule has 2 aromatic rings. The van der Waals surface area contributed by atoms with E-state index in [0.29, 0.717) is 11.8 Å². The predicted octanol–water partition coefficient (Wildman–Crippen LogP) is 4.78. The molecule has 1 fully saturated rings. The van der Waals surface area contributed by atoms with Gasteiger partial charge >= 0.3 is 0 Å². The van der Waals surface area contributed by atoms with E-state index in [0.717, 1.165) is 12.8 Å². The van der Waals surface area contributed by atoms with Gasteiger partial charge in [0.2, 0.25) is 0 Å². The molecule has 0 aromatic heterocycles. The standard InChI is InChI=1S/C18H18F2/c19-17-7-1-13(2-8-17)11-15-5-6-16(15)12-14-3-9-18(20)10-4-14/h1-4,7-10,15-16H,5-6,11-12H2. The molecule has 0 N–H and O–H groups in total. The average molecular weight is 272 g/mol. The minimum atomic E-state index is -0.176. The van der Waals surface area contributed by atoms with E-state index in [2.05, 4.69) is 0 Å². The fraction of sp³-hybridized carbons (Fsp3) is 0.333. The van der Waals surface area contributed by atoms with Crippen LogP contribution in [-0.4, -0.2) is 0 Å². The Morgan fingerprint density at radius 2 is 1.00 bits per heavy atom. The van der Waals surface area contributed by atoms with Crippen LogP contribution in [0.3, 0.4) is 0 Å². The monoisotopic (exact) mass is 272 g/mol. The van der Waals surface area contributed by atoms with Crippen molar-refractivity contribution in [2.75, 3.05) is 0 Å². The first kappa shape index (κ1) is 13.3. The van der Waals surface area contributed by atoms with E-state index < -0.39 is 0 Å². The minimum absolute atomic E-state index is 0.176. The molecule has 20 heavy (non-hydrogen) atoms. The summed E-state index contributed by atoms with van der Waals surface area (Å²) in [5.41, 5.74) is 2.42. The molecular formula is C18H18F2.